The van der Waals surface area contributed by atoms with Gasteiger partial charge in [-0.25, -0.2) is 0 Å². The molecule has 4 heteroatoms. The van der Waals surface area contributed by atoms with Gasteiger partial charge in [0.25, 0.3) is 0 Å². The molecule has 1 amide bonds. The van der Waals surface area contributed by atoms with Crippen molar-refractivity contribution in [2.75, 3.05) is 33.4 Å². The fraction of sp³-hybridized carbons (Fsp3) is 0.875. The first-order valence-electron chi connectivity index (χ1n) is 4.30. The Morgan fingerprint density at radius 1 is 1.42 bits per heavy atom. The Morgan fingerprint density at radius 3 is 2.75 bits per heavy atom. The van der Waals surface area contributed by atoms with Gasteiger partial charge in [0.2, 0.25) is 5.91 Å². The Balaban J connectivity index is 2.95. The third kappa shape index (κ3) is 7.50. The van der Waals surface area contributed by atoms with Crippen LogP contribution in [0.4, 0.5) is 0 Å². The van der Waals surface area contributed by atoms with Crippen LogP contribution in [0.5, 0.6) is 0 Å². The monoisotopic (exact) mass is 174 g/mol. The minimum Gasteiger partial charge on any atom is -0.380 e. The molecular weight excluding hydrogens is 156 g/mol. The highest BCUT2D eigenvalue weighted by atomic mass is 16.5. The van der Waals surface area contributed by atoms with E-state index in [0.717, 1.165) is 13.1 Å². The molecule has 0 fully saturated rings. The number of ether oxygens (including phenoxy) is 1. The van der Waals surface area contributed by atoms with Gasteiger partial charge in [-0.05, 0) is 6.54 Å². The molecule has 0 radical (unpaired) electrons. The van der Waals surface area contributed by atoms with Gasteiger partial charge in [-0.3, -0.25) is 4.79 Å². The maximum atomic E-state index is 10.7. The highest BCUT2D eigenvalue weighted by Gasteiger charge is 1.95. The van der Waals surface area contributed by atoms with Crippen LogP contribution < -0.4 is 10.6 Å². The van der Waals surface area contributed by atoms with E-state index in [1.165, 1.54) is 0 Å². The Morgan fingerprint density at radius 2 is 2.17 bits per heavy atom. The lowest BCUT2D eigenvalue weighted by Crippen LogP contribution is -2.22. The van der Waals surface area contributed by atoms with E-state index in [9.17, 15) is 4.79 Å². The predicted octanol–water partition coefficient (Wildman–Crippen LogP) is -0.251. The number of likely N-dealkylation sites (N-methyl/N-ethyl adjacent to an activating group) is 1. The summed E-state index contributed by atoms with van der Waals surface area (Å²) in [6.07, 6.45) is 0.447. The lowest BCUT2D eigenvalue weighted by molar-refractivity contribution is -0.121. The summed E-state index contributed by atoms with van der Waals surface area (Å²) in [6, 6.07) is 0. The second kappa shape index (κ2) is 8.49. The Bertz CT molecular complexity index is 118. The summed E-state index contributed by atoms with van der Waals surface area (Å²) >= 11 is 0. The Hall–Kier alpha value is -0.610. The van der Waals surface area contributed by atoms with E-state index >= 15 is 0 Å². The standard InChI is InChI=1S/C8H18N2O2/c1-3-10-5-7-12-6-4-8(11)9-2/h10H,3-7H2,1-2H3,(H,9,11). The van der Waals surface area contributed by atoms with Crippen LogP contribution in [-0.4, -0.2) is 39.3 Å². The van der Waals surface area contributed by atoms with E-state index in [4.69, 9.17) is 4.74 Å². The molecule has 0 aliphatic rings. The normalized spacial score (nSPS) is 9.83. The topological polar surface area (TPSA) is 50.4 Å². The summed E-state index contributed by atoms with van der Waals surface area (Å²) in [7, 11) is 1.63. The second-order valence-corrected chi connectivity index (χ2v) is 2.39. The van der Waals surface area contributed by atoms with Crippen LogP contribution >= 0.6 is 0 Å². The first kappa shape index (κ1) is 11.4. The van der Waals surface area contributed by atoms with Crippen LogP contribution in [0.15, 0.2) is 0 Å². The van der Waals surface area contributed by atoms with Gasteiger partial charge in [0.15, 0.2) is 0 Å². The van der Waals surface area contributed by atoms with Gasteiger partial charge in [-0.2, -0.15) is 0 Å². The summed E-state index contributed by atoms with van der Waals surface area (Å²) in [5.74, 6) is 0.0263. The smallest absolute Gasteiger partial charge is 0.222 e. The molecule has 0 aromatic rings. The van der Waals surface area contributed by atoms with Crippen molar-refractivity contribution in [1.29, 1.82) is 0 Å². The molecule has 0 saturated carbocycles. The molecule has 0 atom stereocenters. The van der Waals surface area contributed by atoms with Crippen molar-refractivity contribution in [2.45, 2.75) is 13.3 Å². The molecule has 12 heavy (non-hydrogen) atoms. The number of rotatable bonds is 7. The average Bonchev–Trinajstić information content (AvgIpc) is 2.10. The molecule has 0 saturated heterocycles. The minimum atomic E-state index is 0.0263. The van der Waals surface area contributed by atoms with Gasteiger partial charge in [0.1, 0.15) is 0 Å². The zero-order valence-corrected chi connectivity index (χ0v) is 7.85. The van der Waals surface area contributed by atoms with E-state index in [1.54, 1.807) is 7.05 Å². The highest BCUT2D eigenvalue weighted by molar-refractivity contribution is 5.75. The number of nitrogens with one attached hydrogen (secondary N) is 2. The van der Waals surface area contributed by atoms with Gasteiger partial charge in [-0.15, -0.1) is 0 Å². The van der Waals surface area contributed by atoms with Gasteiger partial charge < -0.3 is 15.4 Å². The molecule has 0 aromatic carbocycles. The first-order valence-corrected chi connectivity index (χ1v) is 4.30. The SMILES string of the molecule is CCNCCOCCC(=O)NC. The summed E-state index contributed by atoms with van der Waals surface area (Å²) in [5.41, 5.74) is 0. The van der Waals surface area contributed by atoms with Crippen molar-refractivity contribution < 1.29 is 9.53 Å². The van der Waals surface area contributed by atoms with Gasteiger partial charge in [0.05, 0.1) is 13.2 Å². The minimum absolute atomic E-state index is 0.0263. The Kier molecular flexibility index (Phi) is 8.05. The van der Waals surface area contributed by atoms with Gasteiger partial charge >= 0.3 is 0 Å². The first-order chi connectivity index (χ1) is 5.81. The van der Waals surface area contributed by atoms with Crippen molar-refractivity contribution in [2.24, 2.45) is 0 Å². The van der Waals surface area contributed by atoms with E-state index in [0.29, 0.717) is 19.6 Å². The Labute approximate surface area is 73.7 Å². The molecule has 0 spiro atoms. The largest absolute Gasteiger partial charge is 0.380 e. The quantitative estimate of drug-likeness (QED) is 0.523. The van der Waals surface area contributed by atoms with Crippen LogP contribution in [-0.2, 0) is 9.53 Å². The van der Waals surface area contributed by atoms with Crippen LogP contribution in [0.2, 0.25) is 0 Å². The lowest BCUT2D eigenvalue weighted by Gasteiger charge is -2.03. The van der Waals surface area contributed by atoms with E-state index in [1.807, 2.05) is 6.92 Å². The molecule has 2 N–H and O–H groups in total. The fourth-order valence-corrected chi connectivity index (χ4v) is 0.713. The van der Waals surface area contributed by atoms with Crippen molar-refractivity contribution in [3.05, 3.63) is 0 Å². The van der Waals surface area contributed by atoms with E-state index in [-0.39, 0.29) is 5.91 Å². The van der Waals surface area contributed by atoms with Gasteiger partial charge in [0, 0.05) is 20.0 Å². The second-order valence-electron chi connectivity index (χ2n) is 2.39. The van der Waals surface area contributed by atoms with E-state index < -0.39 is 0 Å². The maximum absolute atomic E-state index is 10.7. The van der Waals surface area contributed by atoms with Crippen molar-refractivity contribution in [1.82, 2.24) is 10.6 Å². The number of hydrogen-bond acceptors (Lipinski definition) is 3. The van der Waals surface area contributed by atoms with Crippen molar-refractivity contribution >= 4 is 5.91 Å². The molecule has 0 aliphatic carbocycles. The van der Waals surface area contributed by atoms with Crippen LogP contribution in [0, 0.1) is 0 Å². The molecular formula is C8H18N2O2. The highest BCUT2D eigenvalue weighted by Crippen LogP contribution is 1.81. The average molecular weight is 174 g/mol. The van der Waals surface area contributed by atoms with Crippen LogP contribution in [0.3, 0.4) is 0 Å². The van der Waals surface area contributed by atoms with Crippen molar-refractivity contribution in [3.8, 4) is 0 Å². The molecule has 0 bridgehead atoms. The molecule has 0 aliphatic heterocycles. The predicted molar refractivity (Wildman–Crippen MR) is 48.0 cm³/mol. The van der Waals surface area contributed by atoms with Crippen LogP contribution in [0.1, 0.15) is 13.3 Å². The number of hydrogen-bond donors (Lipinski definition) is 2. The molecule has 0 unspecified atom stereocenters. The fourth-order valence-electron chi connectivity index (χ4n) is 0.713. The molecule has 0 heterocycles. The summed E-state index contributed by atoms with van der Waals surface area (Å²) in [6.45, 7) is 5.03. The zero-order valence-electron chi connectivity index (χ0n) is 7.85. The van der Waals surface area contributed by atoms with E-state index in [2.05, 4.69) is 10.6 Å². The molecule has 0 aromatic heterocycles. The third-order valence-electron chi connectivity index (χ3n) is 1.43. The lowest BCUT2D eigenvalue weighted by atomic mass is 10.4. The van der Waals surface area contributed by atoms with Crippen LogP contribution in [0.25, 0.3) is 0 Å². The maximum Gasteiger partial charge on any atom is 0.222 e. The molecule has 0 rings (SSSR count). The number of carbonyl (C=O) groups is 1. The molecule has 72 valence electrons. The summed E-state index contributed by atoms with van der Waals surface area (Å²) in [4.78, 5) is 10.7. The molecule has 4 nitrogen and oxygen atoms in total. The zero-order chi connectivity index (χ0) is 9.23. The summed E-state index contributed by atoms with van der Waals surface area (Å²) in [5, 5.41) is 5.66. The summed E-state index contributed by atoms with van der Waals surface area (Å²) < 4.78 is 5.18. The number of carbonyl (C=O) groups excluding carboxylic acids is 1. The van der Waals surface area contributed by atoms with Crippen molar-refractivity contribution in [3.63, 3.8) is 0 Å². The van der Waals surface area contributed by atoms with Gasteiger partial charge in [-0.1, -0.05) is 6.92 Å². The number of amides is 1. The third-order valence-corrected chi connectivity index (χ3v) is 1.43.